The zero-order chi connectivity index (χ0) is 13.3. The van der Waals surface area contributed by atoms with Crippen molar-refractivity contribution in [2.75, 3.05) is 13.1 Å². The van der Waals surface area contributed by atoms with Crippen molar-refractivity contribution in [2.45, 2.75) is 26.7 Å². The van der Waals surface area contributed by atoms with E-state index in [1.807, 2.05) is 11.8 Å². The first-order chi connectivity index (χ1) is 8.44. The van der Waals surface area contributed by atoms with E-state index in [9.17, 15) is 4.79 Å². The summed E-state index contributed by atoms with van der Waals surface area (Å²) in [6, 6.07) is 0. The Kier molecular flexibility index (Phi) is 3.38. The molecule has 1 amide bonds. The van der Waals surface area contributed by atoms with Gasteiger partial charge in [0.25, 0.3) is 5.91 Å². The van der Waals surface area contributed by atoms with Gasteiger partial charge in [0.2, 0.25) is 0 Å². The average molecular weight is 266 g/mol. The van der Waals surface area contributed by atoms with Gasteiger partial charge < -0.3 is 10.6 Å². The number of likely N-dealkylation sites (tertiary alicyclic amines) is 1. The highest BCUT2D eigenvalue weighted by atomic mass is 32.1. The quantitative estimate of drug-likeness (QED) is 0.790. The Morgan fingerprint density at radius 1 is 1.56 bits per heavy atom. The van der Waals surface area contributed by atoms with Gasteiger partial charge in [-0.1, -0.05) is 19.1 Å². The van der Waals surface area contributed by atoms with Crippen LogP contribution in [0.25, 0.3) is 0 Å². The number of hydrogen-bond donors (Lipinski definition) is 2. The van der Waals surface area contributed by atoms with E-state index in [2.05, 4.69) is 17.1 Å². The monoisotopic (exact) mass is 266 g/mol. The summed E-state index contributed by atoms with van der Waals surface area (Å²) in [5.41, 5.74) is 7.10. The molecule has 0 atom stereocenters. The molecule has 1 aromatic heterocycles. The third kappa shape index (κ3) is 2.25. The second-order valence-electron chi connectivity index (χ2n) is 5.13. The van der Waals surface area contributed by atoms with Crippen LogP contribution in [-0.2, 0) is 0 Å². The number of carbonyl (C=O) groups excluding carboxylic acids is 1. The van der Waals surface area contributed by atoms with Crippen molar-refractivity contribution in [3.05, 3.63) is 17.5 Å². The van der Waals surface area contributed by atoms with Crippen molar-refractivity contribution < 1.29 is 4.79 Å². The van der Waals surface area contributed by atoms with Gasteiger partial charge in [-0.15, -0.1) is 0 Å². The number of nitrogens with two attached hydrogens (primary N) is 1. The number of carbonyl (C=O) groups is 1. The minimum atomic E-state index is -0.114. The van der Waals surface area contributed by atoms with Gasteiger partial charge in [-0.05, 0) is 19.8 Å². The number of thiocarbonyl (C=S) groups is 1. The largest absolute Gasteiger partial charge is 0.393 e. The summed E-state index contributed by atoms with van der Waals surface area (Å²) >= 11 is 5.09. The van der Waals surface area contributed by atoms with Crippen LogP contribution >= 0.6 is 12.2 Å². The average Bonchev–Trinajstić information content (AvgIpc) is 2.75. The lowest BCUT2D eigenvalue weighted by atomic mass is 9.80. The molecule has 0 bridgehead atoms. The van der Waals surface area contributed by atoms with Crippen LogP contribution in [0.2, 0.25) is 0 Å². The van der Waals surface area contributed by atoms with Gasteiger partial charge in [-0.25, -0.2) is 0 Å². The molecule has 0 aliphatic carbocycles. The van der Waals surface area contributed by atoms with Crippen LogP contribution in [0.4, 0.5) is 0 Å². The SMILES string of the molecule is Cc1[nH]ncc1C(=O)N1CCC(C)(C(N)=S)CC1. The minimum Gasteiger partial charge on any atom is -0.393 e. The molecule has 98 valence electrons. The molecule has 1 aromatic rings. The molecule has 0 unspecified atom stereocenters. The predicted octanol–water partition coefficient (Wildman–Crippen LogP) is 1.25. The highest BCUT2D eigenvalue weighted by molar-refractivity contribution is 7.80. The Hall–Kier alpha value is -1.43. The van der Waals surface area contributed by atoms with E-state index in [-0.39, 0.29) is 11.3 Å². The third-order valence-corrected chi connectivity index (χ3v) is 4.30. The molecule has 1 fully saturated rings. The van der Waals surface area contributed by atoms with E-state index < -0.39 is 0 Å². The molecule has 1 saturated heterocycles. The summed E-state index contributed by atoms with van der Waals surface area (Å²) in [5, 5.41) is 6.67. The normalized spacial score (nSPS) is 18.7. The molecule has 0 radical (unpaired) electrons. The maximum atomic E-state index is 12.3. The van der Waals surface area contributed by atoms with Crippen LogP contribution in [0.1, 0.15) is 35.8 Å². The summed E-state index contributed by atoms with van der Waals surface area (Å²) in [6.07, 6.45) is 3.23. The number of nitrogens with zero attached hydrogens (tertiary/aromatic N) is 2. The lowest BCUT2D eigenvalue weighted by Crippen LogP contribution is -2.46. The van der Waals surface area contributed by atoms with Gasteiger partial charge in [0.05, 0.1) is 16.7 Å². The molecule has 3 N–H and O–H groups in total. The van der Waals surface area contributed by atoms with Crippen molar-refractivity contribution in [2.24, 2.45) is 11.1 Å². The van der Waals surface area contributed by atoms with Crippen LogP contribution < -0.4 is 5.73 Å². The number of hydrogen-bond acceptors (Lipinski definition) is 3. The van der Waals surface area contributed by atoms with Gasteiger partial charge >= 0.3 is 0 Å². The van der Waals surface area contributed by atoms with Crippen LogP contribution in [0.3, 0.4) is 0 Å². The van der Waals surface area contributed by atoms with Crippen LogP contribution in [-0.4, -0.2) is 39.1 Å². The van der Waals surface area contributed by atoms with E-state index >= 15 is 0 Å². The summed E-state index contributed by atoms with van der Waals surface area (Å²) in [7, 11) is 0. The number of aryl methyl sites for hydroxylation is 1. The molecular weight excluding hydrogens is 248 g/mol. The smallest absolute Gasteiger partial charge is 0.257 e. The molecule has 6 heteroatoms. The van der Waals surface area contributed by atoms with Crippen molar-refractivity contribution in [1.82, 2.24) is 15.1 Å². The van der Waals surface area contributed by atoms with E-state index in [0.717, 1.165) is 18.5 Å². The van der Waals surface area contributed by atoms with Crippen LogP contribution in [0.5, 0.6) is 0 Å². The first-order valence-electron chi connectivity index (χ1n) is 6.03. The number of H-pyrrole nitrogens is 1. The van der Waals surface area contributed by atoms with Gasteiger partial charge in [-0.2, -0.15) is 5.10 Å². The highest BCUT2D eigenvalue weighted by Crippen LogP contribution is 2.31. The fourth-order valence-electron chi connectivity index (χ4n) is 2.19. The Labute approximate surface area is 112 Å². The maximum Gasteiger partial charge on any atom is 0.257 e. The van der Waals surface area contributed by atoms with Crippen LogP contribution in [0, 0.1) is 12.3 Å². The van der Waals surface area contributed by atoms with Crippen molar-refractivity contribution >= 4 is 23.1 Å². The Morgan fingerprint density at radius 2 is 2.17 bits per heavy atom. The molecule has 0 aromatic carbocycles. The van der Waals surface area contributed by atoms with E-state index in [0.29, 0.717) is 23.6 Å². The number of aromatic amines is 1. The molecule has 5 nitrogen and oxygen atoms in total. The summed E-state index contributed by atoms with van der Waals surface area (Å²) in [6.45, 7) is 5.30. The number of rotatable bonds is 2. The first-order valence-corrected chi connectivity index (χ1v) is 6.44. The molecule has 1 aliphatic rings. The fourth-order valence-corrected chi connectivity index (χ4v) is 2.39. The number of aromatic nitrogens is 2. The zero-order valence-corrected chi connectivity index (χ0v) is 11.5. The zero-order valence-electron chi connectivity index (χ0n) is 10.7. The molecule has 18 heavy (non-hydrogen) atoms. The summed E-state index contributed by atoms with van der Waals surface area (Å²) < 4.78 is 0. The number of amides is 1. The maximum absolute atomic E-state index is 12.3. The third-order valence-electron chi connectivity index (χ3n) is 3.81. The molecule has 1 aliphatic heterocycles. The van der Waals surface area contributed by atoms with Crippen molar-refractivity contribution in [3.63, 3.8) is 0 Å². The molecule has 0 spiro atoms. The van der Waals surface area contributed by atoms with Gasteiger partial charge in [-0.3, -0.25) is 9.89 Å². The second-order valence-corrected chi connectivity index (χ2v) is 5.57. The molecular formula is C12H18N4OS. The van der Waals surface area contributed by atoms with Gasteiger partial charge in [0.1, 0.15) is 0 Å². The Balaban J connectivity index is 2.05. The topological polar surface area (TPSA) is 75.0 Å². The standard InChI is InChI=1S/C12H18N4OS/c1-8-9(7-14-15-8)10(17)16-5-3-12(2,4-6-16)11(13)18/h7H,3-6H2,1-2H3,(H2,13,18)(H,14,15). The molecule has 0 saturated carbocycles. The molecule has 2 heterocycles. The molecule has 2 rings (SSSR count). The summed E-state index contributed by atoms with van der Waals surface area (Å²) in [5.74, 6) is 0.0336. The van der Waals surface area contributed by atoms with E-state index in [1.165, 1.54) is 0 Å². The van der Waals surface area contributed by atoms with E-state index in [4.69, 9.17) is 18.0 Å². The lowest BCUT2D eigenvalue weighted by molar-refractivity contribution is 0.0669. The van der Waals surface area contributed by atoms with Gasteiger partial charge in [0.15, 0.2) is 0 Å². The Bertz CT molecular complexity index is 474. The summed E-state index contributed by atoms with van der Waals surface area (Å²) in [4.78, 5) is 14.7. The Morgan fingerprint density at radius 3 is 2.61 bits per heavy atom. The number of piperidine rings is 1. The lowest BCUT2D eigenvalue weighted by Gasteiger charge is -2.38. The number of nitrogens with one attached hydrogen (secondary N) is 1. The van der Waals surface area contributed by atoms with E-state index in [1.54, 1.807) is 6.20 Å². The van der Waals surface area contributed by atoms with Gasteiger partial charge in [0, 0.05) is 24.2 Å². The predicted molar refractivity (Wildman–Crippen MR) is 73.4 cm³/mol. The first kappa shape index (κ1) is 13.0. The van der Waals surface area contributed by atoms with Crippen molar-refractivity contribution in [1.29, 1.82) is 0 Å². The fraction of sp³-hybridized carbons (Fsp3) is 0.583. The minimum absolute atomic E-state index is 0.0336. The van der Waals surface area contributed by atoms with Crippen LogP contribution in [0.15, 0.2) is 6.20 Å². The highest BCUT2D eigenvalue weighted by Gasteiger charge is 2.34. The van der Waals surface area contributed by atoms with Crippen molar-refractivity contribution in [3.8, 4) is 0 Å². The second kappa shape index (κ2) is 4.68.